The molecule has 0 bridgehead atoms. The number of unbranched alkanes of at least 4 members (excludes halogenated alkanes) is 1. The van der Waals surface area contributed by atoms with Crippen LogP contribution in [0.4, 0.5) is 0 Å². The van der Waals surface area contributed by atoms with Crippen LogP contribution in [0.25, 0.3) is 0 Å². The van der Waals surface area contributed by atoms with Crippen LogP contribution >= 0.6 is 0 Å². The summed E-state index contributed by atoms with van der Waals surface area (Å²) in [6.07, 6.45) is 7.66. The lowest BCUT2D eigenvalue weighted by molar-refractivity contribution is -0.0365. The van der Waals surface area contributed by atoms with E-state index in [0.29, 0.717) is 39.1 Å². The molecular formula is C15H31NO4. The Morgan fingerprint density at radius 1 is 0.850 bits per heavy atom. The molecule has 0 aliphatic heterocycles. The molecular weight excluding hydrogens is 258 g/mol. The van der Waals surface area contributed by atoms with Crippen LogP contribution in [0.15, 0.2) is 0 Å². The molecule has 0 amide bonds. The molecule has 1 aliphatic carbocycles. The number of ether oxygens (including phenoxy) is 3. The Hall–Kier alpha value is -0.200. The second-order valence-corrected chi connectivity index (χ2v) is 5.11. The van der Waals surface area contributed by atoms with E-state index in [-0.39, 0.29) is 0 Å². The van der Waals surface area contributed by atoms with Crippen molar-refractivity contribution in [3.8, 4) is 0 Å². The Kier molecular flexibility index (Phi) is 12.3. The molecule has 0 spiro atoms. The fourth-order valence-electron chi connectivity index (χ4n) is 2.09. The maximum Gasteiger partial charge on any atom is 0.0790 e. The molecule has 1 fully saturated rings. The van der Waals surface area contributed by atoms with Crippen LogP contribution in [-0.4, -0.2) is 52.3 Å². The van der Waals surface area contributed by atoms with Crippen molar-refractivity contribution in [2.24, 2.45) is 0 Å². The van der Waals surface area contributed by atoms with Crippen molar-refractivity contribution < 1.29 is 19.0 Å². The van der Waals surface area contributed by atoms with E-state index in [0.717, 1.165) is 19.6 Å². The minimum atomic E-state index is 0.408. The van der Waals surface area contributed by atoms with Gasteiger partial charge in [0.05, 0.1) is 39.1 Å². The van der Waals surface area contributed by atoms with Gasteiger partial charge >= 0.3 is 0 Å². The quantitative estimate of drug-likeness (QED) is 0.393. The van der Waals surface area contributed by atoms with Crippen LogP contribution in [0, 0.1) is 0 Å². The third-order valence-electron chi connectivity index (χ3n) is 3.29. The highest BCUT2D eigenvalue weighted by atomic mass is 16.7. The molecule has 0 aromatic heterocycles. The van der Waals surface area contributed by atoms with E-state index in [1.165, 1.54) is 32.1 Å². The first kappa shape index (κ1) is 17.9. The largest absolute Gasteiger partial charge is 0.379 e. The summed E-state index contributed by atoms with van der Waals surface area (Å²) in [4.78, 5) is 5.52. The van der Waals surface area contributed by atoms with Crippen LogP contribution in [0.2, 0.25) is 0 Å². The smallest absolute Gasteiger partial charge is 0.0790 e. The van der Waals surface area contributed by atoms with Crippen molar-refractivity contribution >= 4 is 0 Å². The Balaban J connectivity index is 1.66. The number of nitrogens with one attached hydrogen (secondary N) is 1. The van der Waals surface area contributed by atoms with Gasteiger partial charge in [-0.15, -0.1) is 0 Å². The summed E-state index contributed by atoms with van der Waals surface area (Å²) in [5.41, 5.74) is 2.97. The van der Waals surface area contributed by atoms with Crippen molar-refractivity contribution in [2.45, 2.75) is 51.6 Å². The highest BCUT2D eigenvalue weighted by molar-refractivity contribution is 4.65. The van der Waals surface area contributed by atoms with Crippen LogP contribution in [0.1, 0.15) is 45.4 Å². The second kappa shape index (κ2) is 13.8. The first-order valence-corrected chi connectivity index (χ1v) is 8.05. The average Bonchev–Trinajstić information content (AvgIpc) is 2.97. The molecule has 0 heterocycles. The molecule has 20 heavy (non-hydrogen) atoms. The molecule has 1 N–H and O–H groups in total. The van der Waals surface area contributed by atoms with Crippen molar-refractivity contribution in [3.05, 3.63) is 0 Å². The molecule has 0 aromatic rings. The molecule has 5 heteroatoms. The van der Waals surface area contributed by atoms with Gasteiger partial charge in [-0.1, -0.05) is 26.2 Å². The Morgan fingerprint density at radius 3 is 2.10 bits per heavy atom. The maximum atomic E-state index is 5.52. The predicted octanol–water partition coefficient (Wildman–Crippen LogP) is 2.30. The maximum absolute atomic E-state index is 5.52. The fourth-order valence-corrected chi connectivity index (χ4v) is 2.09. The number of hydrogen-bond donors (Lipinski definition) is 1. The Morgan fingerprint density at radius 2 is 1.45 bits per heavy atom. The number of rotatable bonds is 14. The lowest BCUT2D eigenvalue weighted by Gasteiger charge is -2.11. The topological polar surface area (TPSA) is 49.0 Å². The van der Waals surface area contributed by atoms with Crippen molar-refractivity contribution in [1.82, 2.24) is 5.48 Å². The predicted molar refractivity (Wildman–Crippen MR) is 78.7 cm³/mol. The number of hydrogen-bond acceptors (Lipinski definition) is 5. The third-order valence-corrected chi connectivity index (χ3v) is 3.29. The van der Waals surface area contributed by atoms with Crippen LogP contribution < -0.4 is 5.48 Å². The van der Waals surface area contributed by atoms with Gasteiger partial charge in [-0.05, 0) is 19.3 Å². The van der Waals surface area contributed by atoms with Gasteiger partial charge in [-0.2, -0.15) is 5.48 Å². The molecule has 120 valence electrons. The van der Waals surface area contributed by atoms with Gasteiger partial charge in [0, 0.05) is 13.2 Å². The van der Waals surface area contributed by atoms with Crippen molar-refractivity contribution in [2.75, 3.05) is 46.2 Å². The van der Waals surface area contributed by atoms with Gasteiger partial charge in [-0.3, -0.25) is 4.84 Å². The first-order chi connectivity index (χ1) is 9.93. The van der Waals surface area contributed by atoms with Gasteiger partial charge in [0.15, 0.2) is 0 Å². The summed E-state index contributed by atoms with van der Waals surface area (Å²) in [5.74, 6) is 0. The van der Waals surface area contributed by atoms with Gasteiger partial charge in [-0.25, -0.2) is 0 Å². The van der Waals surface area contributed by atoms with Crippen LogP contribution in [0.3, 0.4) is 0 Å². The molecule has 0 radical (unpaired) electrons. The minimum absolute atomic E-state index is 0.408. The van der Waals surface area contributed by atoms with Gasteiger partial charge in [0.2, 0.25) is 0 Å². The standard InChI is InChI=1S/C15H31NO4/c1-2-3-9-17-11-13-19-14-12-18-10-8-16-20-15-6-4-5-7-15/h15-16H,2-14H2,1H3. The van der Waals surface area contributed by atoms with E-state index in [1.54, 1.807) is 0 Å². The van der Waals surface area contributed by atoms with Crippen molar-refractivity contribution in [1.29, 1.82) is 0 Å². The van der Waals surface area contributed by atoms with Crippen LogP contribution in [0.5, 0.6) is 0 Å². The molecule has 0 aromatic carbocycles. The zero-order valence-electron chi connectivity index (χ0n) is 12.9. The van der Waals surface area contributed by atoms with Crippen LogP contribution in [-0.2, 0) is 19.0 Å². The molecule has 0 unspecified atom stereocenters. The van der Waals surface area contributed by atoms with E-state index in [2.05, 4.69) is 12.4 Å². The highest BCUT2D eigenvalue weighted by Crippen LogP contribution is 2.19. The van der Waals surface area contributed by atoms with E-state index < -0.39 is 0 Å². The van der Waals surface area contributed by atoms with Gasteiger partial charge in [0.25, 0.3) is 0 Å². The third kappa shape index (κ3) is 10.6. The molecule has 1 aliphatic rings. The number of hydroxylamine groups is 1. The summed E-state index contributed by atoms with van der Waals surface area (Å²) in [6, 6.07) is 0. The molecule has 0 atom stereocenters. The lowest BCUT2D eigenvalue weighted by Crippen LogP contribution is -2.25. The van der Waals surface area contributed by atoms with Gasteiger partial charge in [0.1, 0.15) is 0 Å². The SMILES string of the molecule is CCCCOCCOCCOCCNOC1CCCC1. The average molecular weight is 289 g/mol. The molecule has 0 saturated heterocycles. The summed E-state index contributed by atoms with van der Waals surface area (Å²) >= 11 is 0. The normalized spacial score (nSPS) is 16.1. The molecule has 1 saturated carbocycles. The summed E-state index contributed by atoms with van der Waals surface area (Å²) in [5, 5.41) is 0. The zero-order chi connectivity index (χ0) is 14.3. The zero-order valence-corrected chi connectivity index (χ0v) is 12.9. The molecule has 1 rings (SSSR count). The van der Waals surface area contributed by atoms with Gasteiger partial charge < -0.3 is 14.2 Å². The summed E-state index contributed by atoms with van der Waals surface area (Å²) in [6.45, 7) is 6.96. The van der Waals surface area contributed by atoms with E-state index in [4.69, 9.17) is 19.0 Å². The van der Waals surface area contributed by atoms with E-state index in [1.807, 2.05) is 0 Å². The first-order valence-electron chi connectivity index (χ1n) is 8.05. The lowest BCUT2D eigenvalue weighted by atomic mass is 10.3. The second-order valence-electron chi connectivity index (χ2n) is 5.11. The fraction of sp³-hybridized carbons (Fsp3) is 1.00. The van der Waals surface area contributed by atoms with E-state index >= 15 is 0 Å². The monoisotopic (exact) mass is 289 g/mol. The summed E-state index contributed by atoms with van der Waals surface area (Å²) in [7, 11) is 0. The highest BCUT2D eigenvalue weighted by Gasteiger charge is 2.14. The van der Waals surface area contributed by atoms with E-state index in [9.17, 15) is 0 Å². The molecule has 5 nitrogen and oxygen atoms in total. The minimum Gasteiger partial charge on any atom is -0.379 e. The van der Waals surface area contributed by atoms with Crippen molar-refractivity contribution in [3.63, 3.8) is 0 Å². The Labute approximate surface area is 123 Å². The summed E-state index contributed by atoms with van der Waals surface area (Å²) < 4.78 is 16.2. The Bertz CT molecular complexity index is 198.